The number of carbonyl (C=O) groups excluding carboxylic acids is 4. The number of hydrogen-bond acceptors (Lipinski definition) is 45. The molecule has 8 saturated heterocycles. The van der Waals surface area contributed by atoms with Gasteiger partial charge in [-0.2, -0.15) is 0 Å². The van der Waals surface area contributed by atoms with Crippen LogP contribution in [0.2, 0.25) is 0 Å². The number of aliphatic carboxylic acids is 1. The Kier molecular flexibility index (Phi) is 35.5. The fraction of sp³-hybridized carbons (Fsp3) is 0.924. The largest absolute Gasteiger partial charge is 0.479 e. The minimum Gasteiger partial charge on any atom is -0.479 e. The average Bonchev–Trinajstić information content (AvgIpc) is 0.707. The summed E-state index contributed by atoms with van der Waals surface area (Å²) >= 11 is 0. The smallest absolute Gasteiger partial charge is 0.335 e. The van der Waals surface area contributed by atoms with Gasteiger partial charge in [0, 0.05) is 12.8 Å². The molecule has 0 amide bonds. The Morgan fingerprint density at radius 1 is 0.507 bits per heavy atom. The molecule has 46 nitrogen and oxygen atoms in total. The van der Waals surface area contributed by atoms with Gasteiger partial charge in [-0.15, -0.1) is 0 Å². The Morgan fingerprint density at radius 2 is 1.06 bits per heavy atom. The molecule has 8 heterocycles. The van der Waals surface area contributed by atoms with Crippen molar-refractivity contribution in [3.8, 4) is 0 Å². The molecule has 0 unspecified atom stereocenters. The molecule has 5 aliphatic carbocycles. The SMILES string of the molecule is CC[C@H](C)[C@H](C[C@H](O)CC(=O)O[C@@H]1[C@H](O)[C@@H](O[C@@H]2O[C@@H](C)[C@H](O[C@@H]3OC[C@@H](O)[C@H](O[C@@H]4OC[C@](O)(CO)[C@H]4O)[C@H]3O)[C@@H](O)[C@H]2O)[C@H](OC(=O)[C@]23CCC(C)(C)C[C@H]2C2=CC[C@@H]4[C@@]5(C)CC[C@H](O[C@@H]6O[C@H](C(=O)O)[C@@H](O)[C@H](O[C@@H]7OC[C@@H](O)[C@H](O)[C@H]7O)[C@H]6O[C@@H]6O[C@H](CO)[C@H](O)[C@H](O)[C@H]6O)[C@@](C)(C=O)[C@@H]5CC[C@@]4(C)[C@]2(C)C[C@H]3O)O[C@@H]1C)OC(=O)C[C@@H](O)C[C@H](O[C@H]1O[C@H](CO)[C@@H](O)[C@@H]1O)[C@@H](C)CC. The van der Waals surface area contributed by atoms with E-state index in [1.165, 1.54) is 13.8 Å². The third-order valence-corrected chi connectivity index (χ3v) is 33.3. The van der Waals surface area contributed by atoms with Crippen LogP contribution >= 0.6 is 0 Å². The van der Waals surface area contributed by atoms with Gasteiger partial charge in [0.05, 0.1) is 101 Å². The van der Waals surface area contributed by atoms with Crippen LogP contribution in [-0.4, -0.2) is 439 Å². The average molecular weight is 1990 g/mol. The van der Waals surface area contributed by atoms with Gasteiger partial charge < -0.3 is 208 Å². The minimum absolute atomic E-state index is 0.0127. The first-order chi connectivity index (χ1) is 64.8. The number of aliphatic hydroxyl groups is 22. The van der Waals surface area contributed by atoms with Crippen molar-refractivity contribution in [2.45, 2.75) is 431 Å². The van der Waals surface area contributed by atoms with Crippen LogP contribution in [0.25, 0.3) is 0 Å². The highest BCUT2D eigenvalue weighted by molar-refractivity contribution is 5.80. The van der Waals surface area contributed by atoms with Crippen LogP contribution in [-0.2, 0) is 109 Å². The van der Waals surface area contributed by atoms with E-state index in [9.17, 15) is 137 Å². The summed E-state index contributed by atoms with van der Waals surface area (Å²) in [7, 11) is 0. The summed E-state index contributed by atoms with van der Waals surface area (Å²) in [6.45, 7) is 17.6. The number of esters is 3. The maximum Gasteiger partial charge on any atom is 0.335 e. The van der Waals surface area contributed by atoms with E-state index in [0.29, 0.717) is 51.4 Å². The van der Waals surface area contributed by atoms with Crippen LogP contribution in [0.4, 0.5) is 0 Å². The van der Waals surface area contributed by atoms with Gasteiger partial charge in [0.15, 0.2) is 62.3 Å². The summed E-state index contributed by atoms with van der Waals surface area (Å²) < 4.78 is 108. The molecule has 4 saturated carbocycles. The molecule has 792 valence electrons. The van der Waals surface area contributed by atoms with Crippen molar-refractivity contribution in [3.05, 3.63) is 11.6 Å². The van der Waals surface area contributed by atoms with Crippen molar-refractivity contribution < 1.29 is 227 Å². The highest BCUT2D eigenvalue weighted by Crippen LogP contribution is 2.76. The second kappa shape index (κ2) is 44.1. The van der Waals surface area contributed by atoms with Crippen molar-refractivity contribution in [3.63, 3.8) is 0 Å². The zero-order chi connectivity index (χ0) is 101. The second-order valence-corrected chi connectivity index (χ2v) is 42.6. The van der Waals surface area contributed by atoms with Crippen molar-refractivity contribution in [1.82, 2.24) is 0 Å². The number of ether oxygens (including phenoxy) is 18. The Hall–Kier alpha value is -4.19. The molecule has 0 bridgehead atoms. The molecule has 51 atom stereocenters. The number of carboxylic acids is 1. The molecule has 46 heteroatoms. The van der Waals surface area contributed by atoms with Crippen molar-refractivity contribution in [1.29, 1.82) is 0 Å². The van der Waals surface area contributed by atoms with E-state index in [1.54, 1.807) is 27.7 Å². The molecule has 138 heavy (non-hydrogen) atoms. The summed E-state index contributed by atoms with van der Waals surface area (Å²) in [5, 5.41) is 256. The van der Waals surface area contributed by atoms with Crippen LogP contribution < -0.4 is 0 Å². The Bertz CT molecular complexity index is 4100. The monoisotopic (exact) mass is 1990 g/mol. The van der Waals surface area contributed by atoms with Crippen molar-refractivity contribution in [2.24, 2.45) is 62.1 Å². The lowest BCUT2D eigenvalue weighted by molar-refractivity contribution is -0.391. The summed E-state index contributed by atoms with van der Waals surface area (Å²) in [6, 6.07) is 0. The number of aliphatic hydroxyl groups excluding tert-OH is 21. The summed E-state index contributed by atoms with van der Waals surface area (Å²) in [6.07, 6.45) is -66.5. The highest BCUT2D eigenvalue weighted by Gasteiger charge is 2.74. The highest BCUT2D eigenvalue weighted by atomic mass is 16.8. The molecular weight excluding hydrogens is 1840 g/mol. The van der Waals surface area contributed by atoms with Gasteiger partial charge in [-0.25, -0.2) is 4.79 Å². The minimum atomic E-state index is -2.27. The van der Waals surface area contributed by atoms with Gasteiger partial charge in [-0.05, 0) is 123 Å². The van der Waals surface area contributed by atoms with Crippen LogP contribution in [0.5, 0.6) is 0 Å². The third kappa shape index (κ3) is 21.4. The number of aldehydes is 1. The first kappa shape index (κ1) is 111. The Labute approximate surface area is 797 Å². The summed E-state index contributed by atoms with van der Waals surface area (Å²) in [5.41, 5.74) is -7.70. The zero-order valence-corrected chi connectivity index (χ0v) is 79.7. The number of rotatable bonds is 35. The van der Waals surface area contributed by atoms with E-state index in [4.69, 9.17) is 85.3 Å². The van der Waals surface area contributed by atoms with Gasteiger partial charge in [0.1, 0.15) is 152 Å². The number of carbonyl (C=O) groups is 5. The molecule has 13 rings (SSSR count). The first-order valence-corrected chi connectivity index (χ1v) is 48.3. The molecule has 0 radical (unpaired) electrons. The molecule has 13 aliphatic rings. The van der Waals surface area contributed by atoms with E-state index in [2.05, 4.69) is 26.8 Å². The fourth-order valence-corrected chi connectivity index (χ4v) is 24.1. The molecule has 0 aromatic rings. The predicted molar refractivity (Wildman–Crippen MR) is 458 cm³/mol. The second-order valence-electron chi connectivity index (χ2n) is 42.6. The van der Waals surface area contributed by atoms with Crippen molar-refractivity contribution in [2.75, 3.05) is 39.6 Å². The molecule has 23 N–H and O–H groups in total. The Morgan fingerprint density at radius 3 is 1.69 bits per heavy atom. The number of fused-ring (bicyclic) bond motifs is 7. The maximum atomic E-state index is 16.4. The molecule has 0 aromatic carbocycles. The van der Waals surface area contributed by atoms with Gasteiger partial charge in [0.2, 0.25) is 6.29 Å². The summed E-state index contributed by atoms with van der Waals surface area (Å²) in [5.74, 6) is -7.25. The predicted octanol–water partition coefficient (Wildman–Crippen LogP) is -5.69. The first-order valence-electron chi connectivity index (χ1n) is 48.3. The maximum absolute atomic E-state index is 16.4. The van der Waals surface area contributed by atoms with Gasteiger partial charge in [-0.3, -0.25) is 14.4 Å². The quantitative estimate of drug-likeness (QED) is 0.00924. The molecule has 0 aromatic heterocycles. The number of carboxylic acid groups (broad SMARTS) is 1. The van der Waals surface area contributed by atoms with E-state index in [0.717, 1.165) is 11.9 Å². The lowest BCUT2D eigenvalue weighted by Gasteiger charge is -2.71. The normalized spacial score (nSPS) is 48.7. The third-order valence-electron chi connectivity index (χ3n) is 33.3. The molecule has 12 fully saturated rings. The molecular formula is C92H148O46. The van der Waals surface area contributed by atoms with Gasteiger partial charge >= 0.3 is 23.9 Å². The van der Waals surface area contributed by atoms with Crippen molar-refractivity contribution >= 4 is 30.2 Å². The molecule has 8 aliphatic heterocycles. The Balaban J connectivity index is 0.748. The van der Waals surface area contributed by atoms with E-state index in [-0.39, 0.29) is 43.9 Å². The van der Waals surface area contributed by atoms with Gasteiger partial charge in [0.25, 0.3) is 0 Å². The number of allylic oxidation sites excluding steroid dienone is 2. The van der Waals surface area contributed by atoms with Crippen LogP contribution in [0, 0.1) is 62.1 Å². The topological polar surface area (TPSA) is 717 Å². The van der Waals surface area contributed by atoms with Crippen LogP contribution in [0.15, 0.2) is 11.6 Å². The van der Waals surface area contributed by atoms with E-state index >= 15 is 4.79 Å². The fourth-order valence-electron chi connectivity index (χ4n) is 24.1. The van der Waals surface area contributed by atoms with E-state index in [1.807, 2.05) is 20.8 Å². The molecule has 0 spiro atoms. The zero-order valence-electron chi connectivity index (χ0n) is 79.7. The standard InChI is InChI=1S/C92H148O46/c1-13-36(3)46(126-54(102)25-41(98)24-47(37(4)14-2)127-80-62(110)58(106)49(30-94)128-80)23-40(97)26-55(103)131-69-39(6)125-82(73(65(69)113)136-79-64(112)60(108)68(38(5)124-79)132-78-67(115)70(45(100)32-122-78)133-84-75(116)91(120,34-96)35-123-84)138-85(119)92-22-21-86(7,8)27-43(92)42-15-16-51-87(9)19-18-53(88(10,33-95)50(87)17-20-89(51,11)90(42,12)28-52(92)101)130-83-74(137-81-63(111)59(107)57(105)48(29-93)129-81)71(66(114)72(135-83)76(117)118)134-77-61(109)56(104)44(99)31-121-77/h15,33,36-41,43-53,56-75,77-84,93-94,96-101,104-116,120H,13-14,16-32,34-35H2,1-12H3,(H,117,118)/t36-,37-,38-,39+,40-,41-,43-,44+,45+,46-,47-,48+,49+,50+,51+,52+,53-,56-,57-,58+,59-,60-,61+,62-,63+,64+,65-,66-,67+,68-,69-,70-,71-,72-,73+,74+,75-,77-,78-,79-,80-,81-,82-,83+,84-,87-,88-,89+,90+,91+,92+/m0/s1. The van der Waals surface area contributed by atoms with Gasteiger partial charge in [-0.1, -0.05) is 93.7 Å². The van der Waals surface area contributed by atoms with Crippen LogP contribution in [0.3, 0.4) is 0 Å². The lowest BCUT2D eigenvalue weighted by atomic mass is 9.33. The lowest BCUT2D eigenvalue weighted by Crippen LogP contribution is -2.69. The number of hydrogen-bond donors (Lipinski definition) is 23. The summed E-state index contributed by atoms with van der Waals surface area (Å²) in [4.78, 5) is 72.1. The van der Waals surface area contributed by atoms with Crippen LogP contribution in [0.1, 0.15) is 179 Å². The van der Waals surface area contributed by atoms with E-state index < -0.39 is 378 Å².